The van der Waals surface area contributed by atoms with Crippen molar-refractivity contribution in [1.82, 2.24) is 4.90 Å². The summed E-state index contributed by atoms with van der Waals surface area (Å²) in [5.41, 5.74) is 4.23. The van der Waals surface area contributed by atoms with Crippen LogP contribution in [0.2, 0.25) is 0 Å². The van der Waals surface area contributed by atoms with Crippen molar-refractivity contribution < 1.29 is 18.0 Å². The second kappa shape index (κ2) is 2.12. The highest BCUT2D eigenvalue weighted by Crippen LogP contribution is 2.18. The predicted molar refractivity (Wildman–Crippen MR) is 22.8 cm³/mol. The molecule has 1 radical (unpaired) electrons. The van der Waals surface area contributed by atoms with Gasteiger partial charge in [-0.1, -0.05) is 0 Å². The molecule has 0 heterocycles. The van der Waals surface area contributed by atoms with E-state index in [4.69, 9.17) is 0 Å². The van der Waals surface area contributed by atoms with E-state index < -0.39 is 17.2 Å². The Balaban J connectivity index is 4.04. The van der Waals surface area contributed by atoms with Crippen molar-refractivity contribution >= 4 is 6.03 Å². The molecule has 0 aliphatic carbocycles. The predicted octanol–water partition coefficient (Wildman–Crippen LogP) is 0.678. The van der Waals surface area contributed by atoms with E-state index in [1.165, 1.54) is 0 Å². The largest absolute Gasteiger partial charge is 0.488 e. The average molecular weight is 141 g/mol. The van der Waals surface area contributed by atoms with Crippen molar-refractivity contribution in [3.63, 3.8) is 0 Å². The van der Waals surface area contributed by atoms with Gasteiger partial charge in [0.15, 0.2) is 0 Å². The van der Waals surface area contributed by atoms with Crippen LogP contribution >= 0.6 is 0 Å². The van der Waals surface area contributed by atoms with E-state index in [9.17, 15) is 18.0 Å². The number of rotatable bonds is 0. The molecule has 0 unspecified atom stereocenters. The number of nitrogens with two attached hydrogens (primary N) is 1. The van der Waals surface area contributed by atoms with Gasteiger partial charge in [0.05, 0.1) is 0 Å². The fraction of sp³-hybridized carbons (Fsp3) is 0.333. The Kier molecular flexibility index (Phi) is 1.90. The Bertz CT molecular complexity index is 121. The topological polar surface area (TPSA) is 46.3 Å². The number of amides is 2. The number of hydrogen-bond acceptors (Lipinski definition) is 1. The molecule has 0 atom stereocenters. The van der Waals surface area contributed by atoms with Crippen molar-refractivity contribution in [1.29, 1.82) is 0 Å². The Morgan fingerprint density at radius 1 is 1.56 bits per heavy atom. The number of urea groups is 1. The van der Waals surface area contributed by atoms with Crippen LogP contribution in [0.3, 0.4) is 0 Å². The molecule has 9 heavy (non-hydrogen) atoms. The molecule has 0 bridgehead atoms. The van der Waals surface area contributed by atoms with Crippen LogP contribution in [0.25, 0.3) is 0 Å². The van der Waals surface area contributed by atoms with Crippen LogP contribution in [0.4, 0.5) is 18.0 Å². The first-order chi connectivity index (χ1) is 3.85. The summed E-state index contributed by atoms with van der Waals surface area (Å²) in [6, 6.07) is -1.62. The fourth-order valence-electron chi connectivity index (χ4n) is 0.125. The van der Waals surface area contributed by atoms with Crippen molar-refractivity contribution in [3.8, 4) is 0 Å². The third-order valence-electron chi connectivity index (χ3n) is 0.572. The molecular formula is C3H4F3N2O. The highest BCUT2D eigenvalue weighted by Gasteiger charge is 2.36. The Hall–Kier alpha value is -0.940. The monoisotopic (exact) mass is 141 g/mol. The van der Waals surface area contributed by atoms with E-state index >= 15 is 0 Å². The molecule has 0 aromatic rings. The number of carbonyl (C=O) groups is 1. The van der Waals surface area contributed by atoms with Crippen LogP contribution in [0.1, 0.15) is 0 Å². The van der Waals surface area contributed by atoms with E-state index in [-0.39, 0.29) is 0 Å². The first-order valence-electron chi connectivity index (χ1n) is 1.82. The van der Waals surface area contributed by atoms with E-state index in [0.717, 1.165) is 0 Å². The molecule has 53 valence electrons. The minimum atomic E-state index is -4.77. The van der Waals surface area contributed by atoms with Gasteiger partial charge in [-0.15, -0.1) is 13.2 Å². The van der Waals surface area contributed by atoms with Gasteiger partial charge >= 0.3 is 12.3 Å². The minimum Gasteiger partial charge on any atom is -0.351 e. The van der Waals surface area contributed by atoms with Crippen LogP contribution in [-0.2, 0) is 0 Å². The molecular weight excluding hydrogens is 137 g/mol. The summed E-state index contributed by atoms with van der Waals surface area (Å²) in [7, 11) is 2.34. The molecule has 0 aromatic heterocycles. The standard InChI is InChI=1S/C3H4F3N2O/c1-8(2(7)9)3(4,5)6/h1H2,(H2,7,9). The lowest BCUT2D eigenvalue weighted by molar-refractivity contribution is -0.207. The smallest absolute Gasteiger partial charge is 0.351 e. The summed E-state index contributed by atoms with van der Waals surface area (Å²) in [5.74, 6) is 0. The number of primary amides is 1. The lowest BCUT2D eigenvalue weighted by Gasteiger charge is -2.16. The molecule has 6 heteroatoms. The number of alkyl halides is 3. The van der Waals surface area contributed by atoms with Gasteiger partial charge in [0.25, 0.3) is 0 Å². The molecule has 0 fully saturated rings. The quantitative estimate of drug-likeness (QED) is 0.495. The minimum absolute atomic E-state index is 0.757. The summed E-state index contributed by atoms with van der Waals surface area (Å²) in [5, 5.41) is 0. The zero-order valence-corrected chi connectivity index (χ0v) is 4.27. The van der Waals surface area contributed by atoms with Gasteiger partial charge in [-0.3, -0.25) is 0 Å². The summed E-state index contributed by atoms with van der Waals surface area (Å²) in [6.45, 7) is 0. The van der Waals surface area contributed by atoms with Crippen LogP contribution in [-0.4, -0.2) is 17.2 Å². The molecule has 0 saturated carbocycles. The number of carbonyl (C=O) groups excluding carboxylic acids is 1. The van der Waals surface area contributed by atoms with Gasteiger partial charge in [0.2, 0.25) is 0 Å². The van der Waals surface area contributed by atoms with Crippen LogP contribution in [0, 0.1) is 7.05 Å². The Labute approximate surface area is 49.2 Å². The molecule has 0 aliphatic heterocycles. The molecule has 0 spiro atoms. The summed E-state index contributed by atoms with van der Waals surface area (Å²) in [6.07, 6.45) is -4.77. The van der Waals surface area contributed by atoms with Gasteiger partial charge in [-0.05, 0) is 0 Å². The molecule has 0 saturated heterocycles. The lowest BCUT2D eigenvalue weighted by Crippen LogP contribution is -2.41. The first kappa shape index (κ1) is 8.06. The maximum atomic E-state index is 11.3. The van der Waals surface area contributed by atoms with Crippen molar-refractivity contribution in [2.45, 2.75) is 6.30 Å². The zero-order valence-electron chi connectivity index (χ0n) is 4.27. The van der Waals surface area contributed by atoms with Gasteiger partial charge < -0.3 is 5.73 Å². The lowest BCUT2D eigenvalue weighted by atomic mass is 10.8. The van der Waals surface area contributed by atoms with Crippen molar-refractivity contribution in [3.05, 3.63) is 7.05 Å². The van der Waals surface area contributed by atoms with Gasteiger partial charge in [-0.2, -0.15) is 0 Å². The number of hydrogen-bond donors (Lipinski definition) is 1. The van der Waals surface area contributed by atoms with E-state index in [1.54, 1.807) is 0 Å². The fourth-order valence-corrected chi connectivity index (χ4v) is 0.125. The van der Waals surface area contributed by atoms with Crippen LogP contribution in [0.15, 0.2) is 0 Å². The molecule has 2 amide bonds. The third-order valence-corrected chi connectivity index (χ3v) is 0.572. The van der Waals surface area contributed by atoms with E-state index in [0.29, 0.717) is 0 Å². The summed E-state index contributed by atoms with van der Waals surface area (Å²) < 4.78 is 33.8. The van der Waals surface area contributed by atoms with E-state index in [1.807, 2.05) is 0 Å². The Morgan fingerprint density at radius 2 is 1.89 bits per heavy atom. The Morgan fingerprint density at radius 3 is 1.89 bits per heavy atom. The average Bonchev–Trinajstić information content (AvgIpc) is 1.62. The highest BCUT2D eigenvalue weighted by atomic mass is 19.4. The maximum Gasteiger partial charge on any atom is 0.488 e. The summed E-state index contributed by atoms with van der Waals surface area (Å²) in [4.78, 5) is 8.95. The van der Waals surface area contributed by atoms with Gasteiger partial charge in [-0.25, -0.2) is 9.69 Å². The highest BCUT2D eigenvalue weighted by molar-refractivity contribution is 5.72. The molecule has 2 N–H and O–H groups in total. The molecule has 3 nitrogen and oxygen atoms in total. The van der Waals surface area contributed by atoms with Crippen LogP contribution < -0.4 is 5.73 Å². The number of nitrogens with zero attached hydrogens (tertiary/aromatic N) is 1. The van der Waals surface area contributed by atoms with Gasteiger partial charge in [0, 0.05) is 7.05 Å². The van der Waals surface area contributed by atoms with Crippen molar-refractivity contribution in [2.24, 2.45) is 5.73 Å². The molecule has 0 aromatic carbocycles. The zero-order chi connectivity index (χ0) is 7.65. The molecule has 0 rings (SSSR count). The SMILES string of the molecule is [CH2]N(C(N)=O)C(F)(F)F. The third kappa shape index (κ3) is 2.20. The second-order valence-corrected chi connectivity index (χ2v) is 1.23. The van der Waals surface area contributed by atoms with Crippen molar-refractivity contribution in [2.75, 3.05) is 0 Å². The second-order valence-electron chi connectivity index (χ2n) is 1.23. The maximum absolute atomic E-state index is 11.3. The normalized spacial score (nSPS) is 11.1. The van der Waals surface area contributed by atoms with Crippen LogP contribution in [0.5, 0.6) is 0 Å². The van der Waals surface area contributed by atoms with Gasteiger partial charge in [0.1, 0.15) is 0 Å². The summed E-state index contributed by atoms with van der Waals surface area (Å²) >= 11 is 0. The first-order valence-corrected chi connectivity index (χ1v) is 1.82. The van der Waals surface area contributed by atoms with E-state index in [2.05, 4.69) is 12.8 Å². The number of halogens is 3. The molecule has 0 aliphatic rings.